The first-order valence-corrected chi connectivity index (χ1v) is 13.3. The van der Waals surface area contributed by atoms with E-state index < -0.39 is 5.97 Å². The summed E-state index contributed by atoms with van der Waals surface area (Å²) < 4.78 is 5.94. The van der Waals surface area contributed by atoms with Crippen LogP contribution < -0.4 is 4.74 Å². The van der Waals surface area contributed by atoms with Crippen molar-refractivity contribution < 1.29 is 24.2 Å². The predicted molar refractivity (Wildman–Crippen MR) is 144 cm³/mol. The lowest BCUT2D eigenvalue weighted by Crippen LogP contribution is -2.33. The molecule has 0 aliphatic carbocycles. The van der Waals surface area contributed by atoms with E-state index in [-0.39, 0.29) is 50.3 Å². The number of hydrogen-bond acceptors (Lipinski definition) is 5. The number of benzene rings is 2. The molecule has 2 aromatic rings. The molecule has 0 saturated carbocycles. The largest absolute Gasteiger partial charge is 0.491 e. The Morgan fingerprint density at radius 1 is 1.08 bits per heavy atom. The normalized spacial score (nSPS) is 14.6. The third-order valence-electron chi connectivity index (χ3n) is 6.36. The number of amides is 2. The van der Waals surface area contributed by atoms with Crippen molar-refractivity contribution in [2.45, 2.75) is 59.0 Å². The first-order chi connectivity index (χ1) is 17.6. The minimum absolute atomic E-state index is 0.0690. The highest BCUT2D eigenvalue weighted by Crippen LogP contribution is 2.33. The number of carboxylic acids is 1. The molecule has 1 atom stereocenters. The predicted octanol–water partition coefficient (Wildman–Crippen LogP) is 5.76. The van der Waals surface area contributed by atoms with E-state index in [0.29, 0.717) is 34.8 Å². The zero-order chi connectivity index (χ0) is 27.1. The Morgan fingerprint density at radius 3 is 2.38 bits per heavy atom. The van der Waals surface area contributed by atoms with Crippen molar-refractivity contribution in [1.82, 2.24) is 9.80 Å². The van der Waals surface area contributed by atoms with E-state index in [1.165, 1.54) is 4.90 Å². The fourth-order valence-corrected chi connectivity index (χ4v) is 4.92. The lowest BCUT2D eigenvalue weighted by Gasteiger charge is -2.33. The second-order valence-corrected chi connectivity index (χ2v) is 10.5. The molecule has 1 aliphatic rings. The standard InChI is InChI=1S/C28H34Cl2N2O5/c1-4-20-13-19(5-8-25(20)37-12-11-32-26(33)9-10-27(32)34)17-31(16-18(2)3)24(15-28(35)36)21-6-7-22(29)23(30)14-21/h5-8,13-14,18,24H,4,9-12,15-17H2,1-3H3,(H,35,36). The summed E-state index contributed by atoms with van der Waals surface area (Å²) in [5, 5.41) is 10.5. The number of carboxylic acid groups (broad SMARTS) is 1. The number of hydrogen-bond donors (Lipinski definition) is 1. The summed E-state index contributed by atoms with van der Waals surface area (Å²) in [6.07, 6.45) is 1.21. The molecule has 2 amide bonds. The molecule has 0 radical (unpaired) electrons. The fourth-order valence-electron chi connectivity index (χ4n) is 4.62. The molecule has 0 bridgehead atoms. The maximum absolute atomic E-state index is 11.8. The van der Waals surface area contributed by atoms with E-state index in [1.807, 2.05) is 25.1 Å². The lowest BCUT2D eigenvalue weighted by molar-refractivity contribution is -0.140. The van der Waals surface area contributed by atoms with Crippen LogP contribution in [-0.2, 0) is 27.3 Å². The maximum atomic E-state index is 11.8. The van der Waals surface area contributed by atoms with Gasteiger partial charge in [-0.15, -0.1) is 0 Å². The van der Waals surface area contributed by atoms with Gasteiger partial charge in [-0.3, -0.25) is 24.2 Å². The average molecular weight is 549 g/mol. The van der Waals surface area contributed by atoms with Crippen LogP contribution in [0.4, 0.5) is 0 Å². The Labute approximate surface area is 228 Å². The Kier molecular flexibility index (Phi) is 10.4. The van der Waals surface area contributed by atoms with Crippen LogP contribution in [0.15, 0.2) is 36.4 Å². The highest BCUT2D eigenvalue weighted by Gasteiger charge is 2.28. The third-order valence-corrected chi connectivity index (χ3v) is 7.09. The number of rotatable bonds is 13. The van der Waals surface area contributed by atoms with Crippen molar-refractivity contribution in [1.29, 1.82) is 0 Å². The number of carbonyl (C=O) groups is 3. The monoisotopic (exact) mass is 548 g/mol. The first kappa shape index (κ1) is 29.0. The zero-order valence-electron chi connectivity index (χ0n) is 21.5. The van der Waals surface area contributed by atoms with E-state index in [2.05, 4.69) is 24.8 Å². The van der Waals surface area contributed by atoms with Crippen LogP contribution in [0.25, 0.3) is 0 Å². The Morgan fingerprint density at radius 2 is 1.78 bits per heavy atom. The van der Waals surface area contributed by atoms with Gasteiger partial charge in [-0.2, -0.15) is 0 Å². The van der Waals surface area contributed by atoms with Crippen molar-refractivity contribution in [2.75, 3.05) is 19.7 Å². The van der Waals surface area contributed by atoms with Crippen LogP contribution in [0, 0.1) is 5.92 Å². The van der Waals surface area contributed by atoms with Crippen molar-refractivity contribution in [3.8, 4) is 5.75 Å². The molecule has 9 heteroatoms. The molecule has 7 nitrogen and oxygen atoms in total. The number of nitrogens with zero attached hydrogens (tertiary/aromatic N) is 2. The lowest BCUT2D eigenvalue weighted by atomic mass is 9.99. The van der Waals surface area contributed by atoms with Crippen LogP contribution in [0.5, 0.6) is 5.75 Å². The van der Waals surface area contributed by atoms with Crippen LogP contribution in [0.1, 0.15) is 62.8 Å². The van der Waals surface area contributed by atoms with Gasteiger partial charge in [0.05, 0.1) is 23.0 Å². The average Bonchev–Trinajstić information content (AvgIpc) is 3.16. The molecule has 0 aromatic heterocycles. The Bertz CT molecular complexity index is 1120. The molecule has 3 rings (SSSR count). The number of likely N-dealkylation sites (tertiary alicyclic amines) is 1. The van der Waals surface area contributed by atoms with Gasteiger partial charge in [0, 0.05) is 32.0 Å². The Balaban J connectivity index is 1.79. The van der Waals surface area contributed by atoms with Crippen LogP contribution in [0.3, 0.4) is 0 Å². The molecule has 2 aromatic carbocycles. The maximum Gasteiger partial charge on any atom is 0.305 e. The van der Waals surface area contributed by atoms with E-state index >= 15 is 0 Å². The van der Waals surface area contributed by atoms with E-state index in [0.717, 1.165) is 23.1 Å². The number of aliphatic carboxylic acids is 1. The van der Waals surface area contributed by atoms with Gasteiger partial charge in [-0.05, 0) is 47.2 Å². The number of imide groups is 1. The summed E-state index contributed by atoms with van der Waals surface area (Å²) in [5.41, 5.74) is 2.84. The summed E-state index contributed by atoms with van der Waals surface area (Å²) >= 11 is 12.4. The van der Waals surface area contributed by atoms with E-state index in [1.54, 1.807) is 12.1 Å². The summed E-state index contributed by atoms with van der Waals surface area (Å²) in [6, 6.07) is 10.8. The van der Waals surface area contributed by atoms with E-state index in [4.69, 9.17) is 27.9 Å². The molecule has 1 saturated heterocycles. The van der Waals surface area contributed by atoms with Crippen molar-refractivity contribution in [3.63, 3.8) is 0 Å². The van der Waals surface area contributed by atoms with Crippen molar-refractivity contribution >= 4 is 41.0 Å². The molecule has 1 N–H and O–H groups in total. The first-order valence-electron chi connectivity index (χ1n) is 12.6. The molecule has 1 unspecified atom stereocenters. The molecule has 0 spiro atoms. The SMILES string of the molecule is CCc1cc(CN(CC(C)C)C(CC(=O)O)c2ccc(Cl)c(Cl)c2)ccc1OCCN1C(=O)CCC1=O. The van der Waals surface area contributed by atoms with Gasteiger partial charge in [0.15, 0.2) is 0 Å². The zero-order valence-corrected chi connectivity index (χ0v) is 23.0. The molecule has 37 heavy (non-hydrogen) atoms. The van der Waals surface area contributed by atoms with Gasteiger partial charge in [0.2, 0.25) is 11.8 Å². The summed E-state index contributed by atoms with van der Waals surface area (Å²) in [6.45, 7) is 7.95. The van der Waals surface area contributed by atoms with Crippen LogP contribution >= 0.6 is 23.2 Å². The molecule has 1 heterocycles. The summed E-state index contributed by atoms with van der Waals surface area (Å²) in [4.78, 5) is 38.9. The number of aryl methyl sites for hydroxylation is 1. The molecule has 1 fully saturated rings. The van der Waals surface area contributed by atoms with Gasteiger partial charge >= 0.3 is 5.97 Å². The van der Waals surface area contributed by atoms with E-state index in [9.17, 15) is 19.5 Å². The molecule has 1 aliphatic heterocycles. The fraction of sp³-hybridized carbons (Fsp3) is 0.464. The minimum atomic E-state index is -0.891. The topological polar surface area (TPSA) is 87.2 Å². The third kappa shape index (κ3) is 7.94. The molecular weight excluding hydrogens is 515 g/mol. The smallest absolute Gasteiger partial charge is 0.305 e. The second-order valence-electron chi connectivity index (χ2n) is 9.69. The van der Waals surface area contributed by atoms with Crippen LogP contribution in [-0.4, -0.2) is 52.4 Å². The van der Waals surface area contributed by atoms with Gasteiger partial charge in [-0.25, -0.2) is 0 Å². The van der Waals surface area contributed by atoms with Gasteiger partial charge in [0.25, 0.3) is 0 Å². The Hall–Kier alpha value is -2.61. The van der Waals surface area contributed by atoms with Gasteiger partial charge in [-0.1, -0.05) is 62.2 Å². The molecule has 200 valence electrons. The van der Waals surface area contributed by atoms with Crippen LogP contribution in [0.2, 0.25) is 10.0 Å². The number of ether oxygens (including phenoxy) is 1. The number of halogens is 2. The van der Waals surface area contributed by atoms with Crippen molar-refractivity contribution in [2.24, 2.45) is 5.92 Å². The quantitative estimate of drug-likeness (QED) is 0.320. The second kappa shape index (κ2) is 13.3. The number of carbonyl (C=O) groups excluding carboxylic acids is 2. The highest BCUT2D eigenvalue weighted by atomic mass is 35.5. The summed E-state index contributed by atoms with van der Waals surface area (Å²) in [5.74, 6) is -0.168. The minimum Gasteiger partial charge on any atom is -0.491 e. The van der Waals surface area contributed by atoms with Crippen molar-refractivity contribution in [3.05, 3.63) is 63.1 Å². The van der Waals surface area contributed by atoms with Gasteiger partial charge < -0.3 is 9.84 Å². The van der Waals surface area contributed by atoms with Gasteiger partial charge in [0.1, 0.15) is 12.4 Å². The molecular formula is C28H34Cl2N2O5. The summed E-state index contributed by atoms with van der Waals surface area (Å²) in [7, 11) is 0. The highest BCUT2D eigenvalue weighted by molar-refractivity contribution is 6.42.